The van der Waals surface area contributed by atoms with Crippen molar-refractivity contribution in [3.8, 4) is 0 Å². The summed E-state index contributed by atoms with van der Waals surface area (Å²) in [6, 6.07) is 0.771. The molecule has 1 saturated heterocycles. The highest BCUT2D eigenvalue weighted by atomic mass is 19.4. The van der Waals surface area contributed by atoms with Gasteiger partial charge in [0.1, 0.15) is 5.56 Å². The van der Waals surface area contributed by atoms with Gasteiger partial charge in [0.05, 0.1) is 5.69 Å². The number of hydrogen-bond donors (Lipinski definition) is 1. The highest BCUT2D eigenvalue weighted by Gasteiger charge is 2.34. The number of aryl methyl sites for hydroxylation is 2. The fraction of sp³-hybridized carbons (Fsp3) is 0.526. The minimum absolute atomic E-state index is 0.0184. The van der Waals surface area contributed by atoms with Gasteiger partial charge in [-0.1, -0.05) is 0 Å². The smallest absolute Gasteiger partial charge is 0.339 e. The van der Waals surface area contributed by atoms with Crippen LogP contribution in [0.2, 0.25) is 0 Å². The Morgan fingerprint density at radius 2 is 1.80 bits per heavy atom. The maximum absolute atomic E-state index is 12.8. The van der Waals surface area contributed by atoms with E-state index in [0.717, 1.165) is 11.6 Å². The summed E-state index contributed by atoms with van der Waals surface area (Å²) in [6.07, 6.45) is 0.403. The van der Waals surface area contributed by atoms with Gasteiger partial charge in [-0.15, -0.1) is 0 Å². The predicted molar refractivity (Wildman–Crippen MR) is 103 cm³/mol. The van der Waals surface area contributed by atoms with Crippen LogP contribution in [0.1, 0.15) is 36.1 Å². The first kappa shape index (κ1) is 21.7. The molecule has 0 saturated carbocycles. The minimum Gasteiger partial charge on any atom is -0.339 e. The van der Waals surface area contributed by atoms with E-state index in [0.29, 0.717) is 51.4 Å². The second-order valence-electron chi connectivity index (χ2n) is 7.24. The zero-order valence-electron chi connectivity index (χ0n) is 16.6. The van der Waals surface area contributed by atoms with Gasteiger partial charge in [-0.3, -0.25) is 9.59 Å². The van der Waals surface area contributed by atoms with E-state index >= 15 is 0 Å². The van der Waals surface area contributed by atoms with Gasteiger partial charge in [-0.05, 0) is 37.8 Å². The van der Waals surface area contributed by atoms with Crippen LogP contribution in [0.4, 0.5) is 19.1 Å². The van der Waals surface area contributed by atoms with Gasteiger partial charge in [-0.2, -0.15) is 18.3 Å². The molecule has 2 aromatic heterocycles. The molecule has 0 atom stereocenters. The molecule has 1 aliphatic heterocycles. The van der Waals surface area contributed by atoms with Crippen molar-refractivity contribution in [2.24, 2.45) is 0 Å². The number of aromatic amines is 1. The summed E-state index contributed by atoms with van der Waals surface area (Å²) in [4.78, 5) is 36.0. The van der Waals surface area contributed by atoms with Gasteiger partial charge in [0.25, 0.3) is 5.56 Å². The van der Waals surface area contributed by atoms with Crippen LogP contribution in [0.3, 0.4) is 0 Å². The Bertz CT molecular complexity index is 921. The van der Waals surface area contributed by atoms with Crippen molar-refractivity contribution in [3.63, 3.8) is 0 Å². The van der Waals surface area contributed by atoms with Crippen LogP contribution in [0, 0.1) is 6.92 Å². The molecular weight excluding hydrogens is 401 g/mol. The number of piperazine rings is 1. The van der Waals surface area contributed by atoms with Crippen LogP contribution < -0.4 is 10.5 Å². The number of rotatable bonds is 6. The van der Waals surface area contributed by atoms with Gasteiger partial charge in [0, 0.05) is 45.0 Å². The quantitative estimate of drug-likeness (QED) is 0.713. The lowest BCUT2D eigenvalue weighted by molar-refractivity contribution is -0.138. The van der Waals surface area contributed by atoms with Gasteiger partial charge >= 0.3 is 6.18 Å². The van der Waals surface area contributed by atoms with Crippen LogP contribution in [0.15, 0.2) is 23.3 Å². The molecule has 1 amide bonds. The summed E-state index contributed by atoms with van der Waals surface area (Å²) in [6.45, 7) is 4.37. The molecule has 1 aliphatic rings. The molecule has 3 rings (SSSR count). The molecule has 0 unspecified atom stereocenters. The SMILES string of the molecule is Cc1cnc(N2CCN(C(=O)CCCCc3cc(C(F)(F)F)c(=O)[nH]n3)CC2)nc1. The van der Waals surface area contributed by atoms with Crippen LogP contribution in [-0.2, 0) is 17.4 Å². The molecule has 2 aromatic rings. The molecule has 0 aliphatic carbocycles. The number of H-pyrrole nitrogens is 1. The Hall–Kier alpha value is -2.98. The fourth-order valence-electron chi connectivity index (χ4n) is 3.23. The van der Waals surface area contributed by atoms with Crippen LogP contribution in [0.25, 0.3) is 0 Å². The van der Waals surface area contributed by atoms with E-state index in [2.05, 4.69) is 15.1 Å². The number of aromatic nitrogens is 4. The van der Waals surface area contributed by atoms with Crippen molar-refractivity contribution in [1.82, 2.24) is 25.1 Å². The topological polar surface area (TPSA) is 95.1 Å². The summed E-state index contributed by atoms with van der Waals surface area (Å²) < 4.78 is 38.3. The van der Waals surface area contributed by atoms with Crippen LogP contribution in [-0.4, -0.2) is 57.2 Å². The average molecular weight is 424 g/mol. The molecular formula is C19H23F3N6O2. The molecule has 11 heteroatoms. The Labute approximate surface area is 171 Å². The Morgan fingerprint density at radius 3 is 2.43 bits per heavy atom. The lowest BCUT2D eigenvalue weighted by atomic mass is 10.1. The number of nitrogens with zero attached hydrogens (tertiary/aromatic N) is 5. The van der Waals surface area contributed by atoms with Crippen molar-refractivity contribution < 1.29 is 18.0 Å². The van der Waals surface area contributed by atoms with Crippen molar-refractivity contribution in [2.45, 2.75) is 38.8 Å². The number of halogens is 3. The second-order valence-corrected chi connectivity index (χ2v) is 7.24. The molecule has 1 fully saturated rings. The first-order valence-electron chi connectivity index (χ1n) is 9.71. The average Bonchev–Trinajstić information content (AvgIpc) is 2.72. The minimum atomic E-state index is -4.72. The van der Waals surface area contributed by atoms with Crippen LogP contribution >= 0.6 is 0 Å². The Kier molecular flexibility index (Phi) is 6.68. The molecule has 0 radical (unpaired) electrons. The Morgan fingerprint density at radius 1 is 1.13 bits per heavy atom. The molecule has 0 bridgehead atoms. The van der Waals surface area contributed by atoms with Gasteiger partial charge in [0.2, 0.25) is 11.9 Å². The van der Waals surface area contributed by atoms with Gasteiger partial charge in [-0.25, -0.2) is 15.1 Å². The van der Waals surface area contributed by atoms with E-state index < -0.39 is 17.3 Å². The summed E-state index contributed by atoms with van der Waals surface area (Å²) in [5.74, 6) is 0.671. The van der Waals surface area contributed by atoms with E-state index in [-0.39, 0.29) is 18.0 Å². The first-order chi connectivity index (χ1) is 14.2. The first-order valence-corrected chi connectivity index (χ1v) is 9.71. The molecule has 30 heavy (non-hydrogen) atoms. The maximum atomic E-state index is 12.8. The van der Waals surface area contributed by atoms with Gasteiger partial charge < -0.3 is 9.80 Å². The lowest BCUT2D eigenvalue weighted by Crippen LogP contribution is -2.49. The Balaban J connectivity index is 1.41. The number of carbonyl (C=O) groups is 1. The number of carbonyl (C=O) groups excluding carboxylic acids is 1. The summed E-state index contributed by atoms with van der Waals surface area (Å²) >= 11 is 0. The number of nitrogens with one attached hydrogen (secondary N) is 1. The van der Waals surface area contributed by atoms with E-state index in [4.69, 9.17) is 0 Å². The zero-order chi connectivity index (χ0) is 21.7. The highest BCUT2D eigenvalue weighted by molar-refractivity contribution is 5.76. The number of amides is 1. The largest absolute Gasteiger partial charge is 0.421 e. The van der Waals surface area contributed by atoms with E-state index in [9.17, 15) is 22.8 Å². The predicted octanol–water partition coefficient (Wildman–Crippen LogP) is 1.95. The maximum Gasteiger partial charge on any atom is 0.421 e. The number of hydrogen-bond acceptors (Lipinski definition) is 6. The van der Waals surface area contributed by atoms with Crippen molar-refractivity contribution >= 4 is 11.9 Å². The summed E-state index contributed by atoms with van der Waals surface area (Å²) in [7, 11) is 0. The van der Waals surface area contributed by atoms with Crippen molar-refractivity contribution in [3.05, 3.63) is 45.6 Å². The van der Waals surface area contributed by atoms with Crippen molar-refractivity contribution in [1.29, 1.82) is 0 Å². The van der Waals surface area contributed by atoms with Crippen molar-refractivity contribution in [2.75, 3.05) is 31.1 Å². The fourth-order valence-corrected chi connectivity index (χ4v) is 3.23. The normalized spacial score (nSPS) is 14.8. The molecule has 3 heterocycles. The second kappa shape index (κ2) is 9.23. The lowest BCUT2D eigenvalue weighted by Gasteiger charge is -2.34. The molecule has 8 nitrogen and oxygen atoms in total. The summed E-state index contributed by atoms with van der Waals surface area (Å²) in [5, 5.41) is 5.53. The van der Waals surface area contributed by atoms with Crippen LogP contribution in [0.5, 0.6) is 0 Å². The van der Waals surface area contributed by atoms with Gasteiger partial charge in [0.15, 0.2) is 0 Å². The third-order valence-corrected chi connectivity index (χ3v) is 4.92. The van der Waals surface area contributed by atoms with E-state index in [1.165, 1.54) is 0 Å². The molecule has 162 valence electrons. The third-order valence-electron chi connectivity index (χ3n) is 4.92. The summed E-state index contributed by atoms with van der Waals surface area (Å²) in [5.41, 5.74) is -1.36. The number of unbranched alkanes of at least 4 members (excludes halogenated alkanes) is 1. The highest BCUT2D eigenvalue weighted by Crippen LogP contribution is 2.26. The molecule has 1 N–H and O–H groups in total. The standard InChI is InChI=1S/C19H23F3N6O2/c1-13-11-23-18(24-12-13)28-8-6-27(7-9-28)16(29)5-3-2-4-14-10-15(19(20,21)22)17(30)26-25-14/h10-12H,2-9H2,1H3,(H,26,30). The third kappa shape index (κ3) is 5.55. The zero-order valence-corrected chi connectivity index (χ0v) is 16.6. The number of alkyl halides is 3. The van der Waals surface area contributed by atoms with E-state index in [1.54, 1.807) is 17.3 Å². The van der Waals surface area contributed by atoms with E-state index in [1.807, 2.05) is 16.9 Å². The molecule has 0 aromatic carbocycles. The molecule has 0 spiro atoms. The monoisotopic (exact) mass is 424 g/mol. The number of anilines is 1.